The van der Waals surface area contributed by atoms with Gasteiger partial charge in [0.25, 0.3) is 0 Å². The van der Waals surface area contributed by atoms with Gasteiger partial charge >= 0.3 is 0 Å². The van der Waals surface area contributed by atoms with Crippen molar-refractivity contribution in [3.8, 4) is 0 Å². The molecular formula is C10H16N2S. The molecule has 0 amide bonds. The maximum atomic E-state index is 4.68. The number of thiazole rings is 1. The van der Waals surface area contributed by atoms with E-state index in [9.17, 15) is 0 Å². The van der Waals surface area contributed by atoms with E-state index in [1.807, 2.05) is 11.3 Å². The Kier molecular flexibility index (Phi) is 2.28. The van der Waals surface area contributed by atoms with Crippen molar-refractivity contribution in [3.63, 3.8) is 0 Å². The van der Waals surface area contributed by atoms with Crippen molar-refractivity contribution >= 4 is 17.2 Å². The molecular weight excluding hydrogens is 180 g/mol. The van der Waals surface area contributed by atoms with E-state index in [1.54, 1.807) is 0 Å². The number of aromatic nitrogens is 1. The Morgan fingerprint density at radius 2 is 2.23 bits per heavy atom. The van der Waals surface area contributed by atoms with E-state index in [-0.39, 0.29) is 0 Å². The molecule has 0 aliphatic carbocycles. The monoisotopic (exact) mass is 196 g/mol. The van der Waals surface area contributed by atoms with Gasteiger partial charge in [-0.1, -0.05) is 13.8 Å². The molecule has 2 heterocycles. The summed E-state index contributed by atoms with van der Waals surface area (Å²) in [6.45, 7) is 5.59. The minimum absolute atomic E-state index is 0.573. The fraction of sp³-hybridized carbons (Fsp3) is 0.700. The maximum absolute atomic E-state index is 4.68. The summed E-state index contributed by atoms with van der Waals surface area (Å²) in [5.74, 6) is 1.81. The second kappa shape index (κ2) is 3.29. The largest absolute Gasteiger partial charge is 0.359 e. The molecule has 1 aliphatic heterocycles. The van der Waals surface area contributed by atoms with Crippen LogP contribution in [0, 0.1) is 0 Å². The zero-order chi connectivity index (χ0) is 9.42. The van der Waals surface area contributed by atoms with Gasteiger partial charge in [0.05, 0.1) is 5.01 Å². The van der Waals surface area contributed by atoms with Gasteiger partial charge in [-0.2, -0.15) is 0 Å². The third-order valence-electron chi connectivity index (χ3n) is 2.45. The lowest BCUT2D eigenvalue weighted by Crippen LogP contribution is -2.24. The molecule has 13 heavy (non-hydrogen) atoms. The van der Waals surface area contributed by atoms with Gasteiger partial charge in [-0.3, -0.25) is 0 Å². The highest BCUT2D eigenvalue weighted by atomic mass is 32.1. The van der Waals surface area contributed by atoms with E-state index in [0.717, 1.165) is 6.54 Å². The third kappa shape index (κ3) is 1.57. The number of fused-ring (bicyclic) bond motifs is 1. The molecule has 0 aromatic carbocycles. The molecule has 72 valence electrons. The first-order chi connectivity index (χ1) is 6.18. The van der Waals surface area contributed by atoms with Gasteiger partial charge in [-0.15, -0.1) is 11.3 Å². The maximum Gasteiger partial charge on any atom is 0.142 e. The molecule has 0 N–H and O–H groups in total. The smallest absolute Gasteiger partial charge is 0.142 e. The van der Waals surface area contributed by atoms with Gasteiger partial charge in [0, 0.05) is 24.4 Å². The summed E-state index contributed by atoms with van der Waals surface area (Å²) in [5.41, 5.74) is 0. The van der Waals surface area contributed by atoms with E-state index in [1.165, 1.54) is 28.5 Å². The van der Waals surface area contributed by atoms with Crippen molar-refractivity contribution in [2.24, 2.45) is 0 Å². The summed E-state index contributed by atoms with van der Waals surface area (Å²) < 4.78 is 0. The second-order valence-electron chi connectivity index (χ2n) is 3.98. The Morgan fingerprint density at radius 1 is 1.46 bits per heavy atom. The van der Waals surface area contributed by atoms with E-state index >= 15 is 0 Å². The third-order valence-corrected chi connectivity index (χ3v) is 3.85. The first-order valence-electron chi connectivity index (χ1n) is 4.89. The van der Waals surface area contributed by atoms with Crippen LogP contribution in [0.3, 0.4) is 0 Å². The first kappa shape index (κ1) is 9.00. The van der Waals surface area contributed by atoms with E-state index in [2.05, 4.69) is 30.8 Å². The van der Waals surface area contributed by atoms with Crippen LogP contribution in [0.5, 0.6) is 0 Å². The molecule has 0 unspecified atom stereocenters. The van der Waals surface area contributed by atoms with Crippen LogP contribution in [-0.4, -0.2) is 18.6 Å². The number of rotatable bonds is 1. The minimum Gasteiger partial charge on any atom is -0.359 e. The van der Waals surface area contributed by atoms with E-state index in [0.29, 0.717) is 5.92 Å². The second-order valence-corrected chi connectivity index (χ2v) is 5.09. The molecule has 1 aromatic heterocycles. The molecule has 0 fully saturated rings. The lowest BCUT2D eigenvalue weighted by Gasteiger charge is -2.22. The van der Waals surface area contributed by atoms with Crippen molar-refractivity contribution in [1.82, 2.24) is 4.98 Å². The quantitative estimate of drug-likeness (QED) is 0.686. The molecule has 0 saturated heterocycles. The summed E-state index contributed by atoms with van der Waals surface area (Å²) in [5, 5.41) is 1.29. The van der Waals surface area contributed by atoms with Crippen molar-refractivity contribution in [2.75, 3.05) is 18.5 Å². The summed E-state index contributed by atoms with van der Waals surface area (Å²) in [4.78, 5) is 8.44. The van der Waals surface area contributed by atoms with Gasteiger partial charge < -0.3 is 4.90 Å². The van der Waals surface area contributed by atoms with E-state index < -0.39 is 0 Å². The minimum atomic E-state index is 0.573. The molecule has 0 radical (unpaired) electrons. The van der Waals surface area contributed by atoms with Gasteiger partial charge in [-0.05, 0) is 12.8 Å². The number of hydrogen-bond donors (Lipinski definition) is 0. The number of hydrogen-bond acceptors (Lipinski definition) is 3. The average molecular weight is 196 g/mol. The molecule has 2 nitrogen and oxygen atoms in total. The predicted octanol–water partition coefficient (Wildman–Crippen LogP) is 2.65. The van der Waals surface area contributed by atoms with Crippen LogP contribution in [-0.2, 0) is 6.42 Å². The molecule has 0 atom stereocenters. The Labute approximate surface area is 83.6 Å². The van der Waals surface area contributed by atoms with Crippen LogP contribution in [0.15, 0.2) is 0 Å². The topological polar surface area (TPSA) is 16.1 Å². The molecule has 0 spiro atoms. The van der Waals surface area contributed by atoms with Crippen molar-refractivity contribution < 1.29 is 0 Å². The Balaban J connectivity index is 2.36. The molecule has 0 saturated carbocycles. The fourth-order valence-corrected chi connectivity index (χ4v) is 2.81. The molecule has 3 heteroatoms. The summed E-state index contributed by atoms with van der Waals surface area (Å²) in [6.07, 6.45) is 2.51. The lowest BCUT2D eigenvalue weighted by molar-refractivity contribution is 0.740. The van der Waals surface area contributed by atoms with Crippen LogP contribution in [0.1, 0.15) is 36.1 Å². The van der Waals surface area contributed by atoms with Crippen molar-refractivity contribution in [3.05, 3.63) is 9.88 Å². The number of nitrogens with zero attached hydrogens (tertiary/aromatic N) is 2. The van der Waals surface area contributed by atoms with Crippen LogP contribution in [0.4, 0.5) is 5.82 Å². The standard InChI is InChI=1S/C10H16N2S/c1-7(2)10-11-9-8(13-10)5-4-6-12(9)3/h7H,4-6H2,1-3H3. The first-order valence-corrected chi connectivity index (χ1v) is 5.71. The highest BCUT2D eigenvalue weighted by Crippen LogP contribution is 2.33. The molecule has 0 bridgehead atoms. The normalized spacial score (nSPS) is 16.5. The van der Waals surface area contributed by atoms with Gasteiger partial charge in [0.2, 0.25) is 0 Å². The Hall–Kier alpha value is -0.570. The predicted molar refractivity (Wildman–Crippen MR) is 57.8 cm³/mol. The van der Waals surface area contributed by atoms with Crippen LogP contribution < -0.4 is 4.90 Å². The lowest BCUT2D eigenvalue weighted by atomic mass is 10.2. The average Bonchev–Trinajstić information content (AvgIpc) is 2.49. The summed E-state index contributed by atoms with van der Waals surface area (Å²) >= 11 is 1.89. The molecule has 1 aliphatic rings. The van der Waals surface area contributed by atoms with E-state index in [4.69, 9.17) is 0 Å². The van der Waals surface area contributed by atoms with Crippen molar-refractivity contribution in [2.45, 2.75) is 32.6 Å². The van der Waals surface area contributed by atoms with Crippen LogP contribution in [0.25, 0.3) is 0 Å². The molecule has 2 rings (SSSR count). The highest BCUT2D eigenvalue weighted by molar-refractivity contribution is 7.12. The Morgan fingerprint density at radius 3 is 2.85 bits per heavy atom. The zero-order valence-electron chi connectivity index (χ0n) is 8.50. The van der Waals surface area contributed by atoms with Crippen molar-refractivity contribution in [1.29, 1.82) is 0 Å². The summed E-state index contributed by atoms with van der Waals surface area (Å²) in [7, 11) is 2.14. The molecule has 1 aromatic rings. The SMILES string of the molecule is CC(C)c1nc2c(s1)CCCN2C. The Bertz CT molecular complexity index is 304. The number of anilines is 1. The van der Waals surface area contributed by atoms with Gasteiger partial charge in [0.15, 0.2) is 0 Å². The number of aryl methyl sites for hydroxylation is 1. The fourth-order valence-electron chi connectivity index (χ4n) is 1.65. The van der Waals surface area contributed by atoms with Gasteiger partial charge in [-0.25, -0.2) is 4.98 Å². The van der Waals surface area contributed by atoms with Crippen LogP contribution in [0.2, 0.25) is 0 Å². The zero-order valence-corrected chi connectivity index (χ0v) is 9.32. The van der Waals surface area contributed by atoms with Gasteiger partial charge in [0.1, 0.15) is 5.82 Å². The van der Waals surface area contributed by atoms with Crippen LogP contribution >= 0.6 is 11.3 Å². The summed E-state index contributed by atoms with van der Waals surface area (Å²) in [6, 6.07) is 0. The highest BCUT2D eigenvalue weighted by Gasteiger charge is 2.19.